The van der Waals surface area contributed by atoms with Gasteiger partial charge in [-0.25, -0.2) is 4.98 Å². The zero-order chi connectivity index (χ0) is 18.0. The first kappa shape index (κ1) is 17.9. The van der Waals surface area contributed by atoms with Crippen LogP contribution < -0.4 is 0 Å². The van der Waals surface area contributed by atoms with Gasteiger partial charge in [-0.2, -0.15) is 0 Å². The minimum atomic E-state index is -0.474. The number of aliphatic hydroxyl groups excluding tert-OH is 1. The van der Waals surface area contributed by atoms with Gasteiger partial charge < -0.3 is 19.5 Å². The Kier molecular flexibility index (Phi) is 5.39. The molecule has 0 radical (unpaired) electrons. The maximum atomic E-state index is 11.6. The fourth-order valence-electron chi connectivity index (χ4n) is 3.43. The van der Waals surface area contributed by atoms with Gasteiger partial charge in [0.05, 0.1) is 30.0 Å². The molecule has 1 saturated heterocycles. The minimum absolute atomic E-state index is 0.254. The van der Waals surface area contributed by atoms with Crippen LogP contribution >= 0.6 is 0 Å². The smallest absolute Gasteiger partial charge is 0.222 e. The van der Waals surface area contributed by atoms with Crippen molar-refractivity contribution in [1.82, 2.24) is 19.4 Å². The van der Waals surface area contributed by atoms with E-state index in [2.05, 4.69) is 35.9 Å². The maximum Gasteiger partial charge on any atom is 0.222 e. The monoisotopic (exact) mass is 344 g/mol. The zero-order valence-electron chi connectivity index (χ0n) is 15.4. The highest BCUT2D eigenvalue weighted by atomic mass is 16.3. The number of aryl methyl sites for hydroxylation is 2. The largest absolute Gasteiger partial charge is 0.390 e. The lowest BCUT2D eigenvalue weighted by atomic mass is 10.1. The molecular weight excluding hydrogens is 316 g/mol. The topological polar surface area (TPSA) is 61.6 Å². The lowest BCUT2D eigenvalue weighted by Crippen LogP contribution is -2.38. The first-order valence-corrected chi connectivity index (χ1v) is 9.00. The molecule has 1 amide bonds. The number of likely N-dealkylation sites (tertiary alicyclic amines) is 1. The molecule has 1 aliphatic heterocycles. The van der Waals surface area contributed by atoms with E-state index in [1.54, 1.807) is 6.33 Å². The predicted molar refractivity (Wildman–Crippen MR) is 98.5 cm³/mol. The molecule has 1 atom stereocenters. The Morgan fingerprint density at radius 1 is 1.32 bits per heavy atom. The van der Waals surface area contributed by atoms with Crippen LogP contribution in [0.5, 0.6) is 0 Å². The van der Waals surface area contributed by atoms with E-state index in [1.807, 2.05) is 16.5 Å². The summed E-state index contributed by atoms with van der Waals surface area (Å²) in [6, 6.07) is 4.22. The summed E-state index contributed by atoms with van der Waals surface area (Å²) in [7, 11) is 1.99. The highest BCUT2D eigenvalue weighted by Gasteiger charge is 2.20. The van der Waals surface area contributed by atoms with E-state index in [-0.39, 0.29) is 5.91 Å². The molecule has 0 spiro atoms. The Bertz CT molecular complexity index is 755. The SMILES string of the molecule is Cc1cc2ncn(CC(O)CN(C)CCN3CCCC3=O)c2cc1C. The molecule has 25 heavy (non-hydrogen) atoms. The van der Waals surface area contributed by atoms with Gasteiger partial charge in [0, 0.05) is 32.6 Å². The normalized spacial score (nSPS) is 16.4. The summed E-state index contributed by atoms with van der Waals surface area (Å²) in [5.41, 5.74) is 4.49. The molecule has 1 aromatic heterocycles. The van der Waals surface area contributed by atoms with Gasteiger partial charge in [-0.05, 0) is 50.6 Å². The molecule has 1 aliphatic rings. The molecule has 1 fully saturated rings. The van der Waals surface area contributed by atoms with E-state index >= 15 is 0 Å². The second-order valence-electron chi connectivity index (χ2n) is 7.22. The van der Waals surface area contributed by atoms with E-state index in [9.17, 15) is 9.90 Å². The molecular formula is C19H28N4O2. The van der Waals surface area contributed by atoms with Crippen molar-refractivity contribution in [1.29, 1.82) is 0 Å². The number of hydrogen-bond acceptors (Lipinski definition) is 4. The van der Waals surface area contributed by atoms with Crippen molar-refractivity contribution in [2.24, 2.45) is 0 Å². The summed E-state index contributed by atoms with van der Waals surface area (Å²) in [5.74, 6) is 0.254. The number of aliphatic hydroxyl groups is 1. The third-order valence-corrected chi connectivity index (χ3v) is 5.09. The highest BCUT2D eigenvalue weighted by molar-refractivity contribution is 5.78. The number of benzene rings is 1. The van der Waals surface area contributed by atoms with Gasteiger partial charge in [0.1, 0.15) is 0 Å². The van der Waals surface area contributed by atoms with Gasteiger partial charge in [-0.3, -0.25) is 4.79 Å². The summed E-state index contributed by atoms with van der Waals surface area (Å²) >= 11 is 0. The molecule has 1 N–H and O–H groups in total. The molecule has 2 heterocycles. The van der Waals surface area contributed by atoms with Crippen LogP contribution in [0.15, 0.2) is 18.5 Å². The third kappa shape index (κ3) is 4.19. The number of imidazole rings is 1. The minimum Gasteiger partial charge on any atom is -0.390 e. The average Bonchev–Trinajstić information content (AvgIpc) is 3.13. The van der Waals surface area contributed by atoms with Gasteiger partial charge >= 0.3 is 0 Å². The van der Waals surface area contributed by atoms with E-state index < -0.39 is 6.10 Å². The molecule has 0 aliphatic carbocycles. The lowest BCUT2D eigenvalue weighted by Gasteiger charge is -2.24. The molecule has 6 heteroatoms. The molecule has 0 saturated carbocycles. The van der Waals surface area contributed by atoms with Gasteiger partial charge in [0.2, 0.25) is 5.91 Å². The molecule has 1 aromatic carbocycles. The summed E-state index contributed by atoms with van der Waals surface area (Å²) < 4.78 is 2.02. The van der Waals surface area contributed by atoms with Gasteiger partial charge in [0.15, 0.2) is 0 Å². The fourth-order valence-corrected chi connectivity index (χ4v) is 3.43. The Morgan fingerprint density at radius 2 is 2.08 bits per heavy atom. The first-order valence-electron chi connectivity index (χ1n) is 9.00. The molecule has 136 valence electrons. The Balaban J connectivity index is 1.54. The van der Waals surface area contributed by atoms with Crippen LogP contribution in [0.25, 0.3) is 11.0 Å². The molecule has 1 unspecified atom stereocenters. The second-order valence-corrected chi connectivity index (χ2v) is 7.22. The van der Waals surface area contributed by atoms with Gasteiger partial charge in [0.25, 0.3) is 0 Å². The Labute approximate surface area is 149 Å². The molecule has 0 bridgehead atoms. The van der Waals surface area contributed by atoms with Crippen molar-refractivity contribution in [3.8, 4) is 0 Å². The number of likely N-dealkylation sites (N-methyl/N-ethyl adjacent to an activating group) is 1. The van der Waals surface area contributed by atoms with Crippen molar-refractivity contribution in [2.45, 2.75) is 39.3 Å². The average molecular weight is 344 g/mol. The number of carbonyl (C=O) groups excluding carboxylic acids is 1. The molecule has 6 nitrogen and oxygen atoms in total. The quantitative estimate of drug-likeness (QED) is 0.828. The number of aromatic nitrogens is 2. The van der Waals surface area contributed by atoms with Crippen molar-refractivity contribution in [3.63, 3.8) is 0 Å². The molecule has 3 rings (SSSR count). The summed E-state index contributed by atoms with van der Waals surface area (Å²) in [4.78, 5) is 20.1. The van der Waals surface area contributed by atoms with Crippen LogP contribution in [0, 0.1) is 13.8 Å². The summed E-state index contributed by atoms with van der Waals surface area (Å²) in [6.45, 7) is 7.67. The van der Waals surface area contributed by atoms with Crippen LogP contribution in [0.4, 0.5) is 0 Å². The number of amides is 1. The summed E-state index contributed by atoms with van der Waals surface area (Å²) in [5, 5.41) is 10.4. The van der Waals surface area contributed by atoms with Crippen LogP contribution in [-0.2, 0) is 11.3 Å². The third-order valence-electron chi connectivity index (χ3n) is 5.09. The first-order chi connectivity index (χ1) is 11.9. The number of fused-ring (bicyclic) bond motifs is 1. The van der Waals surface area contributed by atoms with Crippen molar-refractivity contribution in [3.05, 3.63) is 29.6 Å². The van der Waals surface area contributed by atoms with E-state index in [4.69, 9.17) is 0 Å². The zero-order valence-corrected chi connectivity index (χ0v) is 15.4. The van der Waals surface area contributed by atoms with Crippen LogP contribution in [-0.4, -0.2) is 69.7 Å². The standard InChI is InChI=1S/C19H28N4O2/c1-14-9-17-18(10-15(14)2)23(13-20-17)12-16(24)11-21(3)7-8-22-6-4-5-19(22)25/h9-10,13,16,24H,4-8,11-12H2,1-3H3. The van der Waals surface area contributed by atoms with Gasteiger partial charge in [-0.1, -0.05) is 0 Å². The van der Waals surface area contributed by atoms with E-state index in [0.717, 1.165) is 37.1 Å². The number of carbonyl (C=O) groups is 1. The van der Waals surface area contributed by atoms with Crippen LogP contribution in [0.3, 0.4) is 0 Å². The lowest BCUT2D eigenvalue weighted by molar-refractivity contribution is -0.127. The van der Waals surface area contributed by atoms with Gasteiger partial charge in [-0.15, -0.1) is 0 Å². The van der Waals surface area contributed by atoms with Crippen molar-refractivity contribution >= 4 is 16.9 Å². The van der Waals surface area contributed by atoms with E-state index in [1.165, 1.54) is 11.1 Å². The Morgan fingerprint density at radius 3 is 2.80 bits per heavy atom. The van der Waals surface area contributed by atoms with Crippen molar-refractivity contribution < 1.29 is 9.90 Å². The van der Waals surface area contributed by atoms with E-state index in [0.29, 0.717) is 19.5 Å². The van der Waals surface area contributed by atoms with Crippen LogP contribution in [0.1, 0.15) is 24.0 Å². The van der Waals surface area contributed by atoms with Crippen molar-refractivity contribution in [2.75, 3.05) is 33.2 Å². The van der Waals surface area contributed by atoms with Crippen LogP contribution in [0.2, 0.25) is 0 Å². The maximum absolute atomic E-state index is 11.6. The summed E-state index contributed by atoms with van der Waals surface area (Å²) in [6.07, 6.45) is 2.98. The second kappa shape index (κ2) is 7.54. The molecule has 2 aromatic rings. The number of hydrogen-bond donors (Lipinski definition) is 1. The fraction of sp³-hybridized carbons (Fsp3) is 0.579. The Hall–Kier alpha value is -1.92. The highest BCUT2D eigenvalue weighted by Crippen LogP contribution is 2.18. The predicted octanol–water partition coefficient (Wildman–Crippen LogP) is 1.57. The number of nitrogens with zero attached hydrogens (tertiary/aromatic N) is 4. The number of rotatable bonds is 7.